The number of aliphatic hydroxyl groups is 1. The number of nitrogens with one attached hydrogen (secondary N) is 1. The van der Waals surface area contributed by atoms with Gasteiger partial charge in [0.15, 0.2) is 0 Å². The van der Waals surface area contributed by atoms with Crippen LogP contribution in [0.3, 0.4) is 0 Å². The summed E-state index contributed by atoms with van der Waals surface area (Å²) in [6.07, 6.45) is 1.21. The Morgan fingerprint density at radius 3 is 2.59 bits per heavy atom. The summed E-state index contributed by atoms with van der Waals surface area (Å²) >= 11 is 0. The van der Waals surface area contributed by atoms with Crippen molar-refractivity contribution in [2.24, 2.45) is 0 Å². The minimum atomic E-state index is 0.236. The maximum absolute atomic E-state index is 7.57. The largest absolute Gasteiger partial charge is 0.397 e. The van der Waals surface area contributed by atoms with Gasteiger partial charge in [-0.05, 0) is 57.2 Å². The molecule has 1 aromatic carbocycles. The van der Waals surface area contributed by atoms with Crippen LogP contribution in [0.1, 0.15) is 51.2 Å². The summed E-state index contributed by atoms with van der Waals surface area (Å²) in [5.41, 5.74) is 4.37. The van der Waals surface area contributed by atoms with Crippen LogP contribution in [0.4, 0.5) is 5.69 Å². The Morgan fingerprint density at radius 1 is 1.41 bits per heavy atom. The molecule has 2 N–H and O–H groups in total. The Kier molecular flexibility index (Phi) is 4.58. The molecular formula is C15H25NO. The lowest BCUT2D eigenvalue weighted by atomic mass is 9.82. The first kappa shape index (κ1) is 14.0. The van der Waals surface area contributed by atoms with E-state index in [1.54, 1.807) is 6.92 Å². The van der Waals surface area contributed by atoms with E-state index in [2.05, 4.69) is 51.2 Å². The molecule has 1 aromatic rings. The summed E-state index contributed by atoms with van der Waals surface area (Å²) in [5.74, 6) is 0.668. The molecule has 0 radical (unpaired) electrons. The average molecular weight is 235 g/mol. The molecule has 17 heavy (non-hydrogen) atoms. The SMILES string of the molecule is CCO.Cc1ccc2c(c1)NC(C)(C)CC2C. The number of hydrogen-bond acceptors (Lipinski definition) is 2. The van der Waals surface area contributed by atoms with Crippen LogP contribution in [0.25, 0.3) is 0 Å². The summed E-state index contributed by atoms with van der Waals surface area (Å²) < 4.78 is 0. The lowest BCUT2D eigenvalue weighted by Gasteiger charge is -2.37. The third kappa shape index (κ3) is 3.74. The molecular weight excluding hydrogens is 210 g/mol. The Morgan fingerprint density at radius 2 is 2.00 bits per heavy atom. The van der Waals surface area contributed by atoms with E-state index >= 15 is 0 Å². The molecule has 2 nitrogen and oxygen atoms in total. The van der Waals surface area contributed by atoms with E-state index in [1.807, 2.05) is 0 Å². The number of aliphatic hydroxyl groups excluding tert-OH is 1. The smallest absolute Gasteiger partial charge is 0.0402 e. The zero-order chi connectivity index (χ0) is 13.1. The summed E-state index contributed by atoms with van der Waals surface area (Å²) in [6, 6.07) is 6.72. The van der Waals surface area contributed by atoms with Crippen LogP contribution in [0.2, 0.25) is 0 Å². The first-order valence-corrected chi connectivity index (χ1v) is 6.39. The normalized spacial score (nSPS) is 20.7. The van der Waals surface area contributed by atoms with Gasteiger partial charge >= 0.3 is 0 Å². The van der Waals surface area contributed by atoms with Crippen LogP contribution in [0.5, 0.6) is 0 Å². The molecule has 0 bridgehead atoms. The minimum absolute atomic E-state index is 0.236. The molecule has 0 amide bonds. The molecule has 1 aliphatic rings. The second-order valence-corrected chi connectivity index (χ2v) is 5.52. The van der Waals surface area contributed by atoms with Crippen molar-refractivity contribution in [3.63, 3.8) is 0 Å². The molecule has 0 aromatic heterocycles. The lowest BCUT2D eigenvalue weighted by Crippen LogP contribution is -2.36. The van der Waals surface area contributed by atoms with Gasteiger partial charge in [0, 0.05) is 17.8 Å². The van der Waals surface area contributed by atoms with Crippen LogP contribution in [-0.2, 0) is 0 Å². The van der Waals surface area contributed by atoms with Gasteiger partial charge in [-0.15, -0.1) is 0 Å². The first-order valence-electron chi connectivity index (χ1n) is 6.39. The highest BCUT2D eigenvalue weighted by Crippen LogP contribution is 2.38. The molecule has 1 heterocycles. The van der Waals surface area contributed by atoms with Crippen molar-refractivity contribution in [1.82, 2.24) is 0 Å². The fourth-order valence-corrected chi connectivity index (χ4v) is 2.50. The van der Waals surface area contributed by atoms with Crippen LogP contribution in [-0.4, -0.2) is 17.3 Å². The fourth-order valence-electron chi connectivity index (χ4n) is 2.50. The van der Waals surface area contributed by atoms with Gasteiger partial charge in [-0.3, -0.25) is 0 Å². The van der Waals surface area contributed by atoms with Crippen molar-refractivity contribution in [2.45, 2.75) is 52.5 Å². The van der Waals surface area contributed by atoms with E-state index in [0.717, 1.165) is 0 Å². The standard InChI is InChI=1S/C13H19N.C2H6O/c1-9-5-6-11-10(2)8-13(3,4)14-12(11)7-9;1-2-3/h5-7,10,14H,8H2,1-4H3;3H,2H2,1H3. The summed E-state index contributed by atoms with van der Waals surface area (Å²) in [6.45, 7) is 10.9. The van der Waals surface area contributed by atoms with E-state index < -0.39 is 0 Å². The van der Waals surface area contributed by atoms with Gasteiger partial charge in [0.25, 0.3) is 0 Å². The maximum atomic E-state index is 7.57. The molecule has 0 saturated heterocycles. The number of anilines is 1. The predicted molar refractivity (Wildman–Crippen MR) is 74.7 cm³/mol. The molecule has 0 fully saturated rings. The van der Waals surface area contributed by atoms with Crippen LogP contribution >= 0.6 is 0 Å². The number of hydrogen-bond donors (Lipinski definition) is 2. The van der Waals surface area contributed by atoms with Crippen LogP contribution < -0.4 is 5.32 Å². The summed E-state index contributed by atoms with van der Waals surface area (Å²) in [7, 11) is 0. The maximum Gasteiger partial charge on any atom is 0.0402 e. The Hall–Kier alpha value is -1.02. The summed E-state index contributed by atoms with van der Waals surface area (Å²) in [5, 5.41) is 11.2. The second kappa shape index (κ2) is 5.54. The van der Waals surface area contributed by atoms with Gasteiger partial charge in [0.1, 0.15) is 0 Å². The van der Waals surface area contributed by atoms with Crippen molar-refractivity contribution in [3.8, 4) is 0 Å². The molecule has 0 aliphatic carbocycles. The van der Waals surface area contributed by atoms with Gasteiger partial charge < -0.3 is 10.4 Å². The molecule has 0 saturated carbocycles. The number of rotatable bonds is 0. The number of benzene rings is 1. The topological polar surface area (TPSA) is 32.3 Å². The van der Waals surface area contributed by atoms with Gasteiger partial charge in [-0.1, -0.05) is 19.1 Å². The molecule has 0 spiro atoms. The third-order valence-corrected chi connectivity index (χ3v) is 3.03. The molecule has 1 aliphatic heterocycles. The van der Waals surface area contributed by atoms with E-state index in [-0.39, 0.29) is 12.1 Å². The zero-order valence-corrected chi connectivity index (χ0v) is 11.7. The molecule has 96 valence electrons. The Labute approximate surface area is 105 Å². The molecule has 1 atom stereocenters. The molecule has 2 heteroatoms. The highest BCUT2D eigenvalue weighted by atomic mass is 16.2. The Balaban J connectivity index is 0.000000437. The quantitative estimate of drug-likeness (QED) is 0.719. The predicted octanol–water partition coefficient (Wildman–Crippen LogP) is 3.69. The second-order valence-electron chi connectivity index (χ2n) is 5.52. The van der Waals surface area contributed by atoms with Gasteiger partial charge in [0.2, 0.25) is 0 Å². The van der Waals surface area contributed by atoms with E-state index in [0.29, 0.717) is 5.92 Å². The van der Waals surface area contributed by atoms with Gasteiger partial charge in [0.05, 0.1) is 0 Å². The van der Waals surface area contributed by atoms with E-state index in [4.69, 9.17) is 5.11 Å². The third-order valence-electron chi connectivity index (χ3n) is 3.03. The van der Waals surface area contributed by atoms with E-state index in [9.17, 15) is 0 Å². The van der Waals surface area contributed by atoms with E-state index in [1.165, 1.54) is 23.2 Å². The molecule has 2 rings (SSSR count). The van der Waals surface area contributed by atoms with Gasteiger partial charge in [-0.2, -0.15) is 0 Å². The average Bonchev–Trinajstić information content (AvgIpc) is 2.15. The lowest BCUT2D eigenvalue weighted by molar-refractivity contribution is 0.318. The zero-order valence-electron chi connectivity index (χ0n) is 11.7. The van der Waals surface area contributed by atoms with Crippen molar-refractivity contribution in [1.29, 1.82) is 0 Å². The van der Waals surface area contributed by atoms with Gasteiger partial charge in [-0.25, -0.2) is 0 Å². The minimum Gasteiger partial charge on any atom is -0.397 e. The highest BCUT2D eigenvalue weighted by Gasteiger charge is 2.28. The fraction of sp³-hybridized carbons (Fsp3) is 0.600. The number of aryl methyl sites for hydroxylation is 1. The highest BCUT2D eigenvalue weighted by molar-refractivity contribution is 5.58. The van der Waals surface area contributed by atoms with Crippen molar-refractivity contribution < 1.29 is 5.11 Å². The van der Waals surface area contributed by atoms with Crippen molar-refractivity contribution in [2.75, 3.05) is 11.9 Å². The summed E-state index contributed by atoms with van der Waals surface area (Å²) in [4.78, 5) is 0. The monoisotopic (exact) mass is 235 g/mol. The van der Waals surface area contributed by atoms with Crippen molar-refractivity contribution in [3.05, 3.63) is 29.3 Å². The molecule has 1 unspecified atom stereocenters. The number of fused-ring (bicyclic) bond motifs is 1. The Bertz CT molecular complexity index is 371. The van der Waals surface area contributed by atoms with Crippen LogP contribution in [0.15, 0.2) is 18.2 Å². The van der Waals surface area contributed by atoms with Crippen molar-refractivity contribution >= 4 is 5.69 Å². The van der Waals surface area contributed by atoms with Crippen LogP contribution in [0, 0.1) is 6.92 Å². The first-order chi connectivity index (χ1) is 7.89.